The molecule has 3 aromatic rings. The molecule has 0 radical (unpaired) electrons. The van der Waals surface area contributed by atoms with E-state index in [0.717, 1.165) is 49.3 Å². The van der Waals surface area contributed by atoms with Crippen molar-refractivity contribution < 1.29 is 84.1 Å². The number of hydrogen-bond donors (Lipinski definition) is 0. The summed E-state index contributed by atoms with van der Waals surface area (Å²) in [6.45, 7) is 130. The standard InChI is InChI=1S/C24H42O3Si4.C19H40O3Si4.C16H39F3O3Si4.4C8H24O2Si3/c1-28(2,3)22-16-15-21-25-31(23-17-11-9-12-18-23,24-19-13-10-14-20-24)27-30(7,8)26-29(4,5)6;1-23(2,3)18-14-13-17-20-26(9,19-15-11-10-12-16-19)22-25(7,8)21-24(4,5)6;1-23(2,3)14-11-10-13-20-26(9,15-12-16(17,18)19)22-25(7,8)21-24(4,5)6;4*1-11(2,3)9-13(7,8)10-12(4,5)6/h9-14,17-20H,15-16,21-22H2,1-8H3;10-12,15-16H,13-14,17-18H2,1-9H3;10-15H2,1-9H3;4*1-8H3. The highest BCUT2D eigenvalue weighted by Gasteiger charge is 2.51. The highest BCUT2D eigenvalue weighted by Crippen LogP contribution is 2.34. The number of halogens is 3. The van der Waals surface area contributed by atoms with E-state index in [4.69, 9.17) is 70.9 Å². The maximum Gasteiger partial charge on any atom is 0.398 e. The first-order valence-corrected chi connectivity index (χ1v) is 125. The summed E-state index contributed by atoms with van der Waals surface area (Å²) in [6, 6.07) is 35.5. The van der Waals surface area contributed by atoms with Gasteiger partial charge in [0.2, 0.25) is 0 Å². The summed E-state index contributed by atoms with van der Waals surface area (Å²) < 4.78 is 146. The van der Waals surface area contributed by atoms with Crippen molar-refractivity contribution in [3.63, 3.8) is 0 Å². The molecule has 0 amide bonds. The van der Waals surface area contributed by atoms with E-state index in [9.17, 15) is 13.2 Å². The lowest BCUT2D eigenvalue weighted by atomic mass is 10.4. The van der Waals surface area contributed by atoms with Crippen LogP contribution in [-0.4, -0.2) is 227 Å². The zero-order valence-electron chi connectivity index (χ0n) is 98.6. The molecule has 0 saturated carbocycles. The molecule has 0 aliphatic rings. The maximum atomic E-state index is 12.8. The van der Waals surface area contributed by atoms with E-state index in [-0.39, 0.29) is 6.04 Å². The first-order chi connectivity index (χ1) is 59.0. The molecular weight excluding hydrogens is 2100 g/mol. The molecule has 0 fully saturated rings. The summed E-state index contributed by atoms with van der Waals surface area (Å²) in [5.41, 5.74) is 0. The van der Waals surface area contributed by atoms with Gasteiger partial charge in [-0.1, -0.05) is 187 Å². The van der Waals surface area contributed by atoms with Crippen molar-refractivity contribution >= 4 is 217 Å². The van der Waals surface area contributed by atoms with Crippen LogP contribution in [0.1, 0.15) is 44.9 Å². The number of unbranched alkanes of at least 4 members (excludes halogenated alkanes) is 3. The van der Waals surface area contributed by atoms with Crippen LogP contribution in [0.4, 0.5) is 13.2 Å². The molecule has 2 unspecified atom stereocenters. The van der Waals surface area contributed by atoms with Crippen molar-refractivity contribution in [2.75, 3.05) is 19.8 Å². The van der Waals surface area contributed by atoms with Crippen LogP contribution in [0.2, 0.25) is 404 Å². The monoisotopic (exact) mass is 2310 g/mol. The van der Waals surface area contributed by atoms with Crippen LogP contribution in [0.25, 0.3) is 0 Å². The van der Waals surface area contributed by atoms with Crippen molar-refractivity contribution in [3.8, 4) is 0 Å². The molecule has 800 valence electrons. The summed E-state index contributed by atoms with van der Waals surface area (Å²) in [7, 11) is -42.7. The molecule has 0 heterocycles. The van der Waals surface area contributed by atoms with Crippen molar-refractivity contribution in [3.05, 3.63) is 91.0 Å². The van der Waals surface area contributed by atoms with Gasteiger partial charge in [-0.05, 0) is 362 Å². The lowest BCUT2D eigenvalue weighted by Crippen LogP contribution is -2.68. The highest BCUT2D eigenvalue weighted by molar-refractivity contribution is 6.99. The number of alkyl halides is 3. The predicted molar refractivity (Wildman–Crippen MR) is 647 cm³/mol. The van der Waals surface area contributed by atoms with Crippen molar-refractivity contribution in [1.29, 1.82) is 0 Å². The van der Waals surface area contributed by atoms with Gasteiger partial charge in [0.1, 0.15) is 0 Å². The van der Waals surface area contributed by atoms with Gasteiger partial charge in [0.05, 0.1) is 0 Å². The van der Waals surface area contributed by atoms with E-state index in [1.807, 2.05) is 19.2 Å². The fourth-order valence-electron chi connectivity index (χ4n) is 15.9. The Morgan fingerprint density at radius 1 is 0.193 bits per heavy atom. The first kappa shape index (κ1) is 143. The van der Waals surface area contributed by atoms with E-state index >= 15 is 0 Å². The molecule has 0 spiro atoms. The van der Waals surface area contributed by atoms with Crippen LogP contribution in [0.15, 0.2) is 91.0 Å². The van der Waals surface area contributed by atoms with Gasteiger partial charge in [0.15, 0.2) is 91.5 Å². The van der Waals surface area contributed by atoms with Gasteiger partial charge < -0.3 is 70.9 Å². The van der Waals surface area contributed by atoms with Gasteiger partial charge in [-0.25, -0.2) is 0 Å². The Balaban J connectivity index is -0.000000766. The van der Waals surface area contributed by atoms with Crippen LogP contribution in [0, 0.1) is 0 Å². The normalized spacial score (nSPS) is 15.0. The Morgan fingerprint density at radius 2 is 0.378 bits per heavy atom. The van der Waals surface area contributed by atoms with E-state index in [0.29, 0.717) is 6.61 Å². The Bertz CT molecular complexity index is 3390. The summed E-state index contributed by atoms with van der Waals surface area (Å²) in [5, 5.41) is 3.52. The zero-order valence-corrected chi connectivity index (χ0v) is 123. The van der Waals surface area contributed by atoms with Crippen LogP contribution < -0.4 is 15.6 Å². The first-order valence-electron chi connectivity index (χ1n) is 50.0. The molecule has 135 heavy (non-hydrogen) atoms. The number of benzene rings is 3. The topological polar surface area (TPSA) is 157 Å². The third-order valence-corrected chi connectivity index (χ3v) is 88.3. The fourth-order valence-corrected chi connectivity index (χ4v) is 107. The second-order valence-electron chi connectivity index (χ2n) is 54.0. The van der Waals surface area contributed by atoms with Crippen LogP contribution >= 0.6 is 0 Å². The molecule has 44 heteroatoms. The van der Waals surface area contributed by atoms with Crippen molar-refractivity contribution in [1.82, 2.24) is 0 Å². The molecule has 0 aliphatic carbocycles. The Hall–Kier alpha value is 1.98. The van der Waals surface area contributed by atoms with Gasteiger partial charge in [-0.3, -0.25) is 0 Å². The average molecular weight is 2310 g/mol. The Kier molecular flexibility index (Phi) is 61.4. The molecule has 0 N–H and O–H groups in total. The minimum Gasteiger partial charge on any atom is -0.437 e. The van der Waals surface area contributed by atoms with Crippen molar-refractivity contribution in [2.45, 2.75) is 455 Å². The third kappa shape index (κ3) is 89.7. The lowest BCUT2D eigenvalue weighted by Gasteiger charge is -2.40. The zero-order chi connectivity index (χ0) is 108. The van der Waals surface area contributed by atoms with Crippen LogP contribution in [-0.2, 0) is 70.9 Å². The second kappa shape index (κ2) is 57.8. The molecule has 17 nitrogen and oxygen atoms in total. The summed E-state index contributed by atoms with van der Waals surface area (Å²) in [4.78, 5) is 0. The SMILES string of the molecule is C[Si](C)(C)CCCCO[Si](C)(CCC(F)(F)F)O[Si](C)(C)O[Si](C)(C)C.C[Si](C)(C)CCCCO[Si](C)(O[Si](C)(C)O[Si](C)(C)C)c1ccccc1.C[Si](C)(C)CCCCO[Si](O[Si](C)(C)O[Si](C)(C)C)(c1ccccc1)c1ccccc1.C[Si](C)(C)O[Si](C)(C)O[Si](C)(C)C.C[Si](C)(C)O[Si](C)(C)O[Si](C)(C)C.C[Si](C)(C)O[Si](C)(C)O[Si](C)(C)C.C[Si](C)(C)O[Si](C)(C)O[Si](C)(C)C. The molecule has 3 aromatic carbocycles. The molecule has 2 atom stereocenters. The van der Waals surface area contributed by atoms with Gasteiger partial charge in [0, 0.05) is 50.5 Å². The average Bonchev–Trinajstić information content (AvgIpc) is 0.779. The quantitative estimate of drug-likeness (QED) is 0.0388. The minimum absolute atomic E-state index is 0.0734. The van der Waals surface area contributed by atoms with E-state index < -0.39 is 214 Å². The van der Waals surface area contributed by atoms with Gasteiger partial charge in [-0.15, -0.1) is 0 Å². The fraction of sp³-hybridized carbons (Fsp3) is 0.802. The third-order valence-electron chi connectivity index (χ3n) is 16.9. The molecule has 0 aromatic heterocycles. The van der Waals surface area contributed by atoms with Crippen molar-refractivity contribution in [2.24, 2.45) is 0 Å². The smallest absolute Gasteiger partial charge is 0.398 e. The van der Waals surface area contributed by atoms with Gasteiger partial charge in [0.25, 0.3) is 0 Å². The molecule has 0 saturated heterocycles. The predicted octanol–water partition coefficient (Wildman–Crippen LogP) is 31.9. The lowest BCUT2D eigenvalue weighted by molar-refractivity contribution is -0.131. The maximum absolute atomic E-state index is 12.8. The second-order valence-corrected chi connectivity index (χ2v) is 157. The molecule has 0 aliphatic heterocycles. The van der Waals surface area contributed by atoms with E-state index in [1.165, 1.54) is 36.2 Å². The number of rotatable bonds is 51. The Morgan fingerprint density at radius 3 is 0.585 bits per heavy atom. The molecule has 0 bridgehead atoms. The van der Waals surface area contributed by atoms with Crippen LogP contribution in [0.5, 0.6) is 0 Å². The van der Waals surface area contributed by atoms with Gasteiger partial charge >= 0.3 is 91.8 Å². The summed E-state index contributed by atoms with van der Waals surface area (Å²) in [5.74, 6) is 0. The molecular formula is C91H217F3O17Si24. The largest absolute Gasteiger partial charge is 0.437 e. The van der Waals surface area contributed by atoms with Crippen LogP contribution in [0.3, 0.4) is 0 Å². The number of hydrogen-bond acceptors (Lipinski definition) is 17. The summed E-state index contributed by atoms with van der Waals surface area (Å²) in [6.07, 6.45) is 1.53. The summed E-state index contributed by atoms with van der Waals surface area (Å²) >= 11 is 0. The van der Waals surface area contributed by atoms with E-state index in [1.54, 1.807) is 6.55 Å². The molecule has 3 rings (SSSR count). The van der Waals surface area contributed by atoms with E-state index in [2.05, 4.69) is 445 Å². The highest BCUT2D eigenvalue weighted by atomic mass is 28.5. The van der Waals surface area contributed by atoms with Gasteiger partial charge in [-0.2, -0.15) is 13.2 Å². The minimum atomic E-state index is -4.19. The Labute approximate surface area is 859 Å².